The number of benzene rings is 3. The molecule has 2 N–H and O–H groups in total. The van der Waals surface area contributed by atoms with E-state index in [0.29, 0.717) is 33.9 Å². The molecule has 0 spiro atoms. The number of nitrogens with zero attached hydrogens (tertiary/aromatic N) is 1. The number of pyridine rings is 1. The Morgan fingerprint density at radius 2 is 1.54 bits per heavy atom. The molecule has 0 aliphatic rings. The molecule has 0 fully saturated rings. The summed E-state index contributed by atoms with van der Waals surface area (Å²) in [6, 6.07) is 22.6. The Morgan fingerprint density at radius 1 is 0.821 bits per heavy atom. The lowest BCUT2D eigenvalue weighted by Gasteiger charge is -2.14. The van der Waals surface area contributed by atoms with Gasteiger partial charge in [0.1, 0.15) is 5.82 Å². The molecule has 4 rings (SSSR count). The second-order valence-corrected chi connectivity index (χ2v) is 8.48. The van der Waals surface area contributed by atoms with Gasteiger partial charge in [0.15, 0.2) is 5.78 Å². The van der Waals surface area contributed by atoms with E-state index < -0.39 is 17.6 Å². The number of anilines is 2. The van der Waals surface area contributed by atoms with Gasteiger partial charge in [0.05, 0.1) is 11.3 Å². The zero-order valence-corrected chi connectivity index (χ0v) is 20.6. The number of nitrogens with one attached hydrogen (secondary N) is 2. The summed E-state index contributed by atoms with van der Waals surface area (Å²) in [5.41, 5.74) is 0.988. The van der Waals surface area contributed by atoms with Crippen LogP contribution in [0, 0.1) is 0 Å². The molecule has 0 saturated carbocycles. The van der Waals surface area contributed by atoms with Gasteiger partial charge in [-0.1, -0.05) is 42.5 Å². The number of ketones is 1. The van der Waals surface area contributed by atoms with E-state index in [-0.39, 0.29) is 17.3 Å². The van der Waals surface area contributed by atoms with E-state index in [1.54, 1.807) is 48.5 Å². The highest BCUT2D eigenvalue weighted by Gasteiger charge is 2.32. The van der Waals surface area contributed by atoms with Crippen LogP contribution in [-0.4, -0.2) is 22.6 Å². The van der Waals surface area contributed by atoms with Gasteiger partial charge < -0.3 is 10.6 Å². The largest absolute Gasteiger partial charge is 0.416 e. The molecule has 6 nitrogen and oxygen atoms in total. The number of aromatic nitrogens is 1. The molecular weight excluding hydrogens is 507 g/mol. The van der Waals surface area contributed by atoms with E-state index in [1.165, 1.54) is 49.4 Å². The summed E-state index contributed by atoms with van der Waals surface area (Å²) < 4.78 is 40.1. The van der Waals surface area contributed by atoms with Gasteiger partial charge in [0.25, 0.3) is 5.91 Å². The number of hydrogen-bond donors (Lipinski definition) is 2. The SMILES string of the molecule is CC(=O)Nc1cccc(C=CC(=O)c2ccc(NC(=O)c3cc(C(F)(F)F)ccc3-c3ccccc3)cc2)n1. The maximum atomic E-state index is 13.4. The summed E-state index contributed by atoms with van der Waals surface area (Å²) in [6.45, 7) is 1.36. The van der Waals surface area contributed by atoms with Gasteiger partial charge in [0, 0.05) is 23.7 Å². The molecule has 9 heteroatoms. The van der Waals surface area contributed by atoms with Crippen molar-refractivity contribution in [1.29, 1.82) is 0 Å². The number of carbonyl (C=O) groups excluding carboxylic acids is 3. The maximum absolute atomic E-state index is 13.4. The first-order chi connectivity index (χ1) is 18.6. The monoisotopic (exact) mass is 529 g/mol. The van der Waals surface area contributed by atoms with Crippen LogP contribution in [-0.2, 0) is 11.0 Å². The Hall–Kier alpha value is -5.05. The minimum absolute atomic E-state index is 0.131. The summed E-state index contributed by atoms with van der Waals surface area (Å²) in [6.07, 6.45) is -1.79. The minimum Gasteiger partial charge on any atom is -0.322 e. The first kappa shape index (κ1) is 27.0. The average molecular weight is 530 g/mol. The zero-order valence-electron chi connectivity index (χ0n) is 20.6. The lowest BCUT2D eigenvalue weighted by molar-refractivity contribution is -0.137. The number of carbonyl (C=O) groups is 3. The van der Waals surface area contributed by atoms with Crippen molar-refractivity contribution < 1.29 is 27.6 Å². The number of hydrogen-bond acceptors (Lipinski definition) is 4. The fourth-order valence-corrected chi connectivity index (χ4v) is 3.75. The Balaban J connectivity index is 1.51. The predicted octanol–water partition coefficient (Wildman–Crippen LogP) is 6.87. The van der Waals surface area contributed by atoms with Gasteiger partial charge in [-0.25, -0.2) is 4.98 Å². The molecule has 196 valence electrons. The summed E-state index contributed by atoms with van der Waals surface area (Å²) in [4.78, 5) is 41.1. The van der Waals surface area contributed by atoms with Crippen molar-refractivity contribution in [3.05, 3.63) is 119 Å². The lowest BCUT2D eigenvalue weighted by atomic mass is 9.96. The third kappa shape index (κ3) is 7.04. The molecular formula is C30H22F3N3O3. The molecule has 0 bridgehead atoms. The van der Waals surface area contributed by atoms with Crippen molar-refractivity contribution in [2.45, 2.75) is 13.1 Å². The summed E-state index contributed by atoms with van der Waals surface area (Å²) in [5, 5.41) is 5.17. The molecule has 39 heavy (non-hydrogen) atoms. The highest BCUT2D eigenvalue weighted by atomic mass is 19.4. The third-order valence-corrected chi connectivity index (χ3v) is 5.58. The molecule has 0 aliphatic heterocycles. The fraction of sp³-hybridized carbons (Fsp3) is 0.0667. The van der Waals surface area contributed by atoms with Gasteiger partial charge in [-0.2, -0.15) is 13.2 Å². The fourth-order valence-electron chi connectivity index (χ4n) is 3.75. The first-order valence-electron chi connectivity index (χ1n) is 11.8. The van der Waals surface area contributed by atoms with Crippen LogP contribution in [0.2, 0.25) is 0 Å². The van der Waals surface area contributed by atoms with Gasteiger partial charge in [-0.05, 0) is 71.8 Å². The topological polar surface area (TPSA) is 88.2 Å². The standard InChI is InChI=1S/C30H22F3N3O3/c1-19(37)34-28-9-5-8-23(35-28)15-17-27(38)21-10-13-24(14-11-21)36-29(39)26-18-22(30(31,32)33)12-16-25(26)20-6-3-2-4-7-20/h2-18H,1H3,(H,36,39)(H,34,35,37). The molecule has 0 atom stereocenters. The van der Waals surface area contributed by atoms with Crippen molar-refractivity contribution in [1.82, 2.24) is 4.98 Å². The Morgan fingerprint density at radius 3 is 2.21 bits per heavy atom. The predicted molar refractivity (Wildman–Crippen MR) is 143 cm³/mol. The smallest absolute Gasteiger partial charge is 0.322 e. The lowest BCUT2D eigenvalue weighted by Crippen LogP contribution is -2.15. The van der Waals surface area contributed by atoms with Gasteiger partial charge in [-0.15, -0.1) is 0 Å². The van der Waals surface area contributed by atoms with E-state index in [2.05, 4.69) is 15.6 Å². The number of halogens is 3. The van der Waals surface area contributed by atoms with Crippen LogP contribution in [0.4, 0.5) is 24.7 Å². The number of rotatable bonds is 7. The van der Waals surface area contributed by atoms with Crippen molar-refractivity contribution in [3.63, 3.8) is 0 Å². The van der Waals surface area contributed by atoms with E-state index in [4.69, 9.17) is 0 Å². The normalized spacial score (nSPS) is 11.3. The Labute approximate surface area is 222 Å². The van der Waals surface area contributed by atoms with E-state index >= 15 is 0 Å². The van der Waals surface area contributed by atoms with Crippen LogP contribution in [0.25, 0.3) is 17.2 Å². The molecule has 1 heterocycles. The summed E-state index contributed by atoms with van der Waals surface area (Å²) in [7, 11) is 0. The third-order valence-electron chi connectivity index (χ3n) is 5.58. The van der Waals surface area contributed by atoms with Crippen LogP contribution < -0.4 is 10.6 Å². The first-order valence-corrected chi connectivity index (χ1v) is 11.8. The second-order valence-electron chi connectivity index (χ2n) is 8.48. The molecule has 3 aromatic carbocycles. The summed E-state index contributed by atoms with van der Waals surface area (Å²) >= 11 is 0. The highest BCUT2D eigenvalue weighted by molar-refractivity contribution is 6.10. The average Bonchev–Trinajstić information content (AvgIpc) is 2.91. The zero-order chi connectivity index (χ0) is 28.0. The molecule has 0 radical (unpaired) electrons. The van der Waals surface area contributed by atoms with Crippen molar-refractivity contribution in [2.75, 3.05) is 10.6 Å². The van der Waals surface area contributed by atoms with Crippen LogP contribution in [0.1, 0.15) is 38.9 Å². The molecule has 0 aliphatic carbocycles. The Kier molecular flexibility index (Phi) is 8.00. The molecule has 2 amide bonds. The molecule has 4 aromatic rings. The number of allylic oxidation sites excluding steroid dienone is 1. The van der Waals surface area contributed by atoms with Crippen LogP contribution in [0.15, 0.2) is 97.1 Å². The molecule has 0 saturated heterocycles. The van der Waals surface area contributed by atoms with Gasteiger partial charge >= 0.3 is 6.18 Å². The molecule has 1 aromatic heterocycles. The second kappa shape index (κ2) is 11.6. The van der Waals surface area contributed by atoms with Crippen molar-refractivity contribution in [2.24, 2.45) is 0 Å². The van der Waals surface area contributed by atoms with Crippen LogP contribution in [0.3, 0.4) is 0 Å². The highest BCUT2D eigenvalue weighted by Crippen LogP contribution is 2.34. The van der Waals surface area contributed by atoms with Crippen molar-refractivity contribution in [3.8, 4) is 11.1 Å². The Bertz CT molecular complexity index is 1550. The maximum Gasteiger partial charge on any atom is 0.416 e. The number of amides is 2. The van der Waals surface area contributed by atoms with E-state index in [0.717, 1.165) is 12.1 Å². The van der Waals surface area contributed by atoms with Crippen LogP contribution in [0.5, 0.6) is 0 Å². The summed E-state index contributed by atoms with van der Waals surface area (Å²) in [5.74, 6) is -0.961. The van der Waals surface area contributed by atoms with Crippen molar-refractivity contribution >= 4 is 35.2 Å². The van der Waals surface area contributed by atoms with E-state index in [1.807, 2.05) is 0 Å². The molecule has 0 unspecified atom stereocenters. The minimum atomic E-state index is -4.61. The van der Waals surface area contributed by atoms with Crippen LogP contribution >= 0.6 is 0 Å². The number of alkyl halides is 3. The van der Waals surface area contributed by atoms with Gasteiger partial charge in [-0.3, -0.25) is 14.4 Å². The van der Waals surface area contributed by atoms with Gasteiger partial charge in [0.2, 0.25) is 5.91 Å². The van der Waals surface area contributed by atoms with E-state index in [9.17, 15) is 27.6 Å². The quantitative estimate of drug-likeness (QED) is 0.202.